The average molecular weight is 453 g/mol. The largest absolute Gasteiger partial charge is 0.452 e. The van der Waals surface area contributed by atoms with Crippen LogP contribution < -0.4 is 5.32 Å². The van der Waals surface area contributed by atoms with E-state index >= 15 is 0 Å². The van der Waals surface area contributed by atoms with Crippen LogP contribution in [0.5, 0.6) is 0 Å². The number of anilines is 1. The van der Waals surface area contributed by atoms with Gasteiger partial charge in [-0.3, -0.25) is 4.79 Å². The van der Waals surface area contributed by atoms with Gasteiger partial charge in [0.15, 0.2) is 6.61 Å². The standard InChI is InChI=1S/C20H21ClN2O6S/c1-14-4-2-3-5-16(14)20(25)29-13-19(24)22-18-12-15(6-7-17(18)21)30(26,27)23-8-10-28-11-9-23/h2-7,12H,8-11,13H2,1H3,(H,22,24). The highest BCUT2D eigenvalue weighted by molar-refractivity contribution is 7.89. The van der Waals surface area contributed by atoms with Gasteiger partial charge in [0.2, 0.25) is 10.0 Å². The van der Waals surface area contributed by atoms with Crippen molar-refractivity contribution >= 4 is 39.2 Å². The zero-order valence-corrected chi connectivity index (χ0v) is 17.8. The fourth-order valence-corrected chi connectivity index (χ4v) is 4.49. The van der Waals surface area contributed by atoms with E-state index in [4.69, 9.17) is 21.1 Å². The van der Waals surface area contributed by atoms with Gasteiger partial charge in [-0.25, -0.2) is 13.2 Å². The number of carbonyl (C=O) groups excluding carboxylic acids is 2. The van der Waals surface area contributed by atoms with Crippen molar-refractivity contribution in [1.29, 1.82) is 0 Å². The van der Waals surface area contributed by atoms with Crippen molar-refractivity contribution in [3.05, 3.63) is 58.6 Å². The average Bonchev–Trinajstić information content (AvgIpc) is 2.74. The predicted molar refractivity (Wildman–Crippen MR) is 111 cm³/mol. The first-order valence-corrected chi connectivity index (χ1v) is 11.0. The minimum atomic E-state index is -3.75. The molecular formula is C20H21ClN2O6S. The molecule has 1 aliphatic heterocycles. The number of sulfonamides is 1. The fourth-order valence-electron chi connectivity index (χ4n) is 2.89. The SMILES string of the molecule is Cc1ccccc1C(=O)OCC(=O)Nc1cc(S(=O)(=O)N2CCOCC2)ccc1Cl. The van der Waals surface area contributed by atoms with Crippen molar-refractivity contribution in [2.45, 2.75) is 11.8 Å². The van der Waals surface area contributed by atoms with Crippen LogP contribution in [0.3, 0.4) is 0 Å². The molecule has 1 fully saturated rings. The maximum Gasteiger partial charge on any atom is 0.338 e. The maximum atomic E-state index is 12.8. The number of hydrogen-bond acceptors (Lipinski definition) is 6. The maximum absolute atomic E-state index is 12.8. The lowest BCUT2D eigenvalue weighted by Gasteiger charge is -2.26. The molecule has 3 rings (SSSR count). The monoisotopic (exact) mass is 452 g/mol. The number of nitrogens with one attached hydrogen (secondary N) is 1. The van der Waals surface area contributed by atoms with Gasteiger partial charge in [-0.15, -0.1) is 0 Å². The van der Waals surface area contributed by atoms with E-state index in [1.165, 1.54) is 22.5 Å². The summed E-state index contributed by atoms with van der Waals surface area (Å²) < 4.78 is 37.1. The number of aryl methyl sites for hydroxylation is 1. The molecule has 0 unspecified atom stereocenters. The van der Waals surface area contributed by atoms with Crippen molar-refractivity contribution in [2.75, 3.05) is 38.2 Å². The Hall–Kier alpha value is -2.46. The molecule has 10 heteroatoms. The second kappa shape index (κ2) is 9.57. The number of esters is 1. The molecule has 0 atom stereocenters. The first-order valence-electron chi connectivity index (χ1n) is 9.19. The summed E-state index contributed by atoms with van der Waals surface area (Å²) in [5.41, 5.74) is 1.21. The number of carbonyl (C=O) groups is 2. The van der Waals surface area contributed by atoms with Crippen LogP contribution in [0.1, 0.15) is 15.9 Å². The van der Waals surface area contributed by atoms with Gasteiger partial charge in [-0.2, -0.15) is 4.31 Å². The van der Waals surface area contributed by atoms with Gasteiger partial charge in [-0.05, 0) is 36.8 Å². The van der Waals surface area contributed by atoms with Crippen LogP contribution in [-0.2, 0) is 24.3 Å². The molecule has 2 aromatic rings. The van der Waals surface area contributed by atoms with Gasteiger partial charge in [0.25, 0.3) is 5.91 Å². The van der Waals surface area contributed by atoms with Crippen LogP contribution in [0.15, 0.2) is 47.4 Å². The molecule has 8 nitrogen and oxygen atoms in total. The molecule has 2 aromatic carbocycles. The van der Waals surface area contributed by atoms with Gasteiger partial charge >= 0.3 is 5.97 Å². The van der Waals surface area contributed by atoms with E-state index in [-0.39, 0.29) is 28.7 Å². The topological polar surface area (TPSA) is 102 Å². The zero-order chi connectivity index (χ0) is 21.7. The van der Waals surface area contributed by atoms with E-state index < -0.39 is 28.5 Å². The Labute approximate surface area is 179 Å². The Morgan fingerprint density at radius 2 is 1.87 bits per heavy atom. The molecule has 0 saturated carbocycles. The lowest BCUT2D eigenvalue weighted by atomic mass is 10.1. The number of morpholine rings is 1. The predicted octanol–water partition coefficient (Wildman–Crippen LogP) is 2.46. The molecule has 1 N–H and O–H groups in total. The number of nitrogens with zero attached hydrogens (tertiary/aromatic N) is 1. The van der Waals surface area contributed by atoms with Gasteiger partial charge in [0.1, 0.15) is 0 Å². The third kappa shape index (κ3) is 5.17. The Morgan fingerprint density at radius 1 is 1.17 bits per heavy atom. The highest BCUT2D eigenvalue weighted by Crippen LogP contribution is 2.27. The minimum absolute atomic E-state index is 0.000931. The summed E-state index contributed by atoms with van der Waals surface area (Å²) in [5.74, 6) is -1.27. The lowest BCUT2D eigenvalue weighted by molar-refractivity contribution is -0.119. The summed E-state index contributed by atoms with van der Waals surface area (Å²) >= 11 is 6.10. The van der Waals surface area contributed by atoms with Crippen LogP contribution in [0.4, 0.5) is 5.69 Å². The Bertz CT molecular complexity index is 1050. The smallest absolute Gasteiger partial charge is 0.338 e. The summed E-state index contributed by atoms with van der Waals surface area (Å²) in [6.45, 7) is 2.37. The number of halogens is 1. The van der Waals surface area contributed by atoms with E-state index in [2.05, 4.69) is 5.32 Å². The highest BCUT2D eigenvalue weighted by atomic mass is 35.5. The van der Waals surface area contributed by atoms with Gasteiger partial charge < -0.3 is 14.8 Å². The molecule has 0 aromatic heterocycles. The van der Waals surface area contributed by atoms with Crippen LogP contribution in [0.2, 0.25) is 5.02 Å². The van der Waals surface area contributed by atoms with E-state index in [0.29, 0.717) is 18.8 Å². The third-order valence-corrected chi connectivity index (χ3v) is 6.74. The van der Waals surface area contributed by atoms with Gasteiger partial charge in [0, 0.05) is 13.1 Å². The molecule has 1 amide bonds. The number of benzene rings is 2. The Morgan fingerprint density at radius 3 is 2.57 bits per heavy atom. The van der Waals surface area contributed by atoms with E-state index in [0.717, 1.165) is 5.56 Å². The quantitative estimate of drug-likeness (QED) is 0.675. The number of hydrogen-bond donors (Lipinski definition) is 1. The van der Waals surface area contributed by atoms with E-state index in [9.17, 15) is 18.0 Å². The summed E-state index contributed by atoms with van der Waals surface area (Å²) in [6, 6.07) is 10.9. The van der Waals surface area contributed by atoms with Crippen LogP contribution in [0.25, 0.3) is 0 Å². The molecule has 0 bridgehead atoms. The fraction of sp³-hybridized carbons (Fsp3) is 0.300. The Kier molecular flexibility index (Phi) is 7.09. The van der Waals surface area contributed by atoms with Crippen LogP contribution >= 0.6 is 11.6 Å². The van der Waals surface area contributed by atoms with Crippen molar-refractivity contribution < 1.29 is 27.5 Å². The molecule has 1 heterocycles. The van der Waals surface area contributed by atoms with Crippen molar-refractivity contribution in [1.82, 2.24) is 4.31 Å². The lowest BCUT2D eigenvalue weighted by Crippen LogP contribution is -2.40. The van der Waals surface area contributed by atoms with Gasteiger partial charge in [-0.1, -0.05) is 29.8 Å². The van der Waals surface area contributed by atoms with Crippen molar-refractivity contribution in [3.63, 3.8) is 0 Å². The number of rotatable bonds is 6. The molecule has 0 spiro atoms. The molecule has 0 aliphatic carbocycles. The summed E-state index contributed by atoms with van der Waals surface area (Å²) in [6.07, 6.45) is 0. The van der Waals surface area contributed by atoms with Crippen molar-refractivity contribution in [2.24, 2.45) is 0 Å². The number of ether oxygens (including phenoxy) is 2. The molecule has 1 saturated heterocycles. The normalized spacial score (nSPS) is 14.9. The second-order valence-electron chi connectivity index (χ2n) is 6.60. The molecule has 160 valence electrons. The minimum Gasteiger partial charge on any atom is -0.452 e. The molecule has 30 heavy (non-hydrogen) atoms. The van der Waals surface area contributed by atoms with Crippen LogP contribution in [0, 0.1) is 6.92 Å². The first-order chi connectivity index (χ1) is 14.3. The van der Waals surface area contributed by atoms with Crippen LogP contribution in [-0.4, -0.2) is 57.5 Å². The van der Waals surface area contributed by atoms with Gasteiger partial charge in [0.05, 0.1) is 34.4 Å². The highest BCUT2D eigenvalue weighted by Gasteiger charge is 2.27. The summed E-state index contributed by atoms with van der Waals surface area (Å²) in [7, 11) is -3.75. The second-order valence-corrected chi connectivity index (χ2v) is 8.94. The third-order valence-electron chi connectivity index (χ3n) is 4.52. The first kappa shape index (κ1) is 22.2. The summed E-state index contributed by atoms with van der Waals surface area (Å²) in [5, 5.41) is 2.65. The molecule has 0 radical (unpaired) electrons. The molecular weight excluding hydrogens is 432 g/mol. The van der Waals surface area contributed by atoms with E-state index in [1.54, 1.807) is 31.2 Å². The summed E-state index contributed by atoms with van der Waals surface area (Å²) in [4.78, 5) is 24.4. The van der Waals surface area contributed by atoms with Crippen molar-refractivity contribution in [3.8, 4) is 0 Å². The molecule has 1 aliphatic rings. The number of amides is 1. The Balaban J connectivity index is 1.67. The van der Waals surface area contributed by atoms with E-state index in [1.807, 2.05) is 0 Å². The zero-order valence-electron chi connectivity index (χ0n) is 16.3.